The predicted molar refractivity (Wildman–Crippen MR) is 100 cm³/mol. The first-order valence-electron chi connectivity index (χ1n) is 8.18. The van der Waals surface area contributed by atoms with Crippen LogP contribution >= 0.6 is 11.8 Å². The standard InChI is InChI=1S/C19H18F2N2O4S/c1-12(24)22-23-17(25)10-27-18(26)11-28-19(13-2-6-15(20)7-3-13)14-4-8-16(21)9-5-14/h2-9,19H,10-11H2,1H3,(H,22,24)(H,23,25). The van der Waals surface area contributed by atoms with Crippen molar-refractivity contribution >= 4 is 29.5 Å². The van der Waals surface area contributed by atoms with E-state index >= 15 is 0 Å². The van der Waals surface area contributed by atoms with Gasteiger partial charge in [0, 0.05) is 6.92 Å². The van der Waals surface area contributed by atoms with Crippen molar-refractivity contribution < 1.29 is 27.9 Å². The second-order valence-electron chi connectivity index (χ2n) is 5.68. The van der Waals surface area contributed by atoms with Crippen molar-refractivity contribution in [3.63, 3.8) is 0 Å². The summed E-state index contributed by atoms with van der Waals surface area (Å²) >= 11 is 1.20. The van der Waals surface area contributed by atoms with Crippen molar-refractivity contribution in [2.75, 3.05) is 12.4 Å². The van der Waals surface area contributed by atoms with E-state index in [4.69, 9.17) is 4.74 Å². The van der Waals surface area contributed by atoms with Gasteiger partial charge in [0.1, 0.15) is 11.6 Å². The molecular formula is C19H18F2N2O4S. The third kappa shape index (κ3) is 6.99. The summed E-state index contributed by atoms with van der Waals surface area (Å²) in [5.74, 6) is -2.66. The normalized spacial score (nSPS) is 10.4. The van der Waals surface area contributed by atoms with E-state index in [0.717, 1.165) is 11.1 Å². The Hall–Kier alpha value is -2.94. The van der Waals surface area contributed by atoms with Crippen LogP contribution in [0.25, 0.3) is 0 Å². The molecule has 2 aromatic carbocycles. The van der Waals surface area contributed by atoms with Gasteiger partial charge in [-0.05, 0) is 35.4 Å². The van der Waals surface area contributed by atoms with Gasteiger partial charge in [-0.25, -0.2) is 8.78 Å². The van der Waals surface area contributed by atoms with Crippen LogP contribution < -0.4 is 10.9 Å². The molecule has 0 saturated heterocycles. The van der Waals surface area contributed by atoms with Crippen LogP contribution in [0.1, 0.15) is 23.3 Å². The Kier molecular flexibility index (Phi) is 7.94. The SMILES string of the molecule is CC(=O)NNC(=O)COC(=O)CSC(c1ccc(F)cc1)c1ccc(F)cc1. The molecule has 0 bridgehead atoms. The van der Waals surface area contributed by atoms with Crippen LogP contribution in [-0.4, -0.2) is 30.1 Å². The van der Waals surface area contributed by atoms with Gasteiger partial charge in [0.15, 0.2) is 6.61 Å². The van der Waals surface area contributed by atoms with Crippen LogP contribution in [0.3, 0.4) is 0 Å². The van der Waals surface area contributed by atoms with E-state index < -0.39 is 36.0 Å². The number of hydrazine groups is 1. The fourth-order valence-corrected chi connectivity index (χ4v) is 3.28. The fraction of sp³-hybridized carbons (Fsp3) is 0.211. The molecule has 0 unspecified atom stereocenters. The largest absolute Gasteiger partial charge is 0.455 e. The number of thioether (sulfide) groups is 1. The molecule has 0 aromatic heterocycles. The van der Waals surface area contributed by atoms with Crippen molar-refractivity contribution in [2.45, 2.75) is 12.2 Å². The minimum absolute atomic E-state index is 0.0904. The summed E-state index contributed by atoms with van der Waals surface area (Å²) in [7, 11) is 0. The van der Waals surface area contributed by atoms with E-state index in [1.807, 2.05) is 0 Å². The quantitative estimate of drug-likeness (QED) is 0.543. The molecule has 0 fully saturated rings. The molecule has 0 atom stereocenters. The van der Waals surface area contributed by atoms with E-state index in [2.05, 4.69) is 10.9 Å². The number of esters is 1. The van der Waals surface area contributed by atoms with Gasteiger partial charge in [0.25, 0.3) is 5.91 Å². The average molecular weight is 408 g/mol. The van der Waals surface area contributed by atoms with E-state index in [0.29, 0.717) is 0 Å². The summed E-state index contributed by atoms with van der Waals surface area (Å²) in [4.78, 5) is 34.0. The first kappa shape index (κ1) is 21.4. The highest BCUT2D eigenvalue weighted by Crippen LogP contribution is 2.35. The summed E-state index contributed by atoms with van der Waals surface area (Å²) in [6.07, 6.45) is 0. The number of nitrogens with one attached hydrogen (secondary N) is 2. The van der Waals surface area contributed by atoms with Crippen molar-refractivity contribution in [3.8, 4) is 0 Å². The van der Waals surface area contributed by atoms with Crippen LogP contribution in [0.4, 0.5) is 8.78 Å². The number of ether oxygens (including phenoxy) is 1. The molecule has 6 nitrogen and oxygen atoms in total. The van der Waals surface area contributed by atoms with E-state index in [-0.39, 0.29) is 11.0 Å². The molecule has 0 aliphatic carbocycles. The van der Waals surface area contributed by atoms with E-state index in [1.165, 1.54) is 43.0 Å². The molecule has 148 valence electrons. The number of rotatable bonds is 7. The van der Waals surface area contributed by atoms with E-state index in [1.54, 1.807) is 24.3 Å². The summed E-state index contributed by atoms with van der Waals surface area (Å²) in [6, 6.07) is 11.6. The third-order valence-electron chi connectivity index (χ3n) is 3.46. The average Bonchev–Trinajstić information content (AvgIpc) is 2.67. The topological polar surface area (TPSA) is 84.5 Å². The molecule has 2 aromatic rings. The fourth-order valence-electron chi connectivity index (χ4n) is 2.19. The Morgan fingerprint density at radius 2 is 1.43 bits per heavy atom. The van der Waals surface area contributed by atoms with Crippen LogP contribution in [0.15, 0.2) is 48.5 Å². The van der Waals surface area contributed by atoms with Crippen molar-refractivity contribution in [3.05, 3.63) is 71.3 Å². The van der Waals surface area contributed by atoms with Crippen LogP contribution in [0.5, 0.6) is 0 Å². The molecule has 0 saturated carbocycles. The van der Waals surface area contributed by atoms with Gasteiger partial charge in [0.2, 0.25) is 5.91 Å². The Labute approximate surface area is 164 Å². The molecule has 2 amide bonds. The monoisotopic (exact) mass is 408 g/mol. The number of hydrogen-bond acceptors (Lipinski definition) is 5. The van der Waals surface area contributed by atoms with Gasteiger partial charge in [0.05, 0.1) is 11.0 Å². The van der Waals surface area contributed by atoms with Gasteiger partial charge in [-0.15, -0.1) is 11.8 Å². The van der Waals surface area contributed by atoms with Gasteiger partial charge in [-0.1, -0.05) is 24.3 Å². The van der Waals surface area contributed by atoms with Crippen molar-refractivity contribution in [1.82, 2.24) is 10.9 Å². The number of carbonyl (C=O) groups excluding carboxylic acids is 3. The predicted octanol–water partition coefficient (Wildman–Crippen LogP) is 2.50. The highest BCUT2D eigenvalue weighted by molar-refractivity contribution is 8.00. The Bertz CT molecular complexity index is 783. The maximum absolute atomic E-state index is 13.2. The molecule has 0 spiro atoms. The van der Waals surface area contributed by atoms with Crippen LogP contribution in [-0.2, 0) is 19.1 Å². The summed E-state index contributed by atoms with van der Waals surface area (Å²) in [5.41, 5.74) is 5.61. The highest BCUT2D eigenvalue weighted by Gasteiger charge is 2.18. The zero-order valence-electron chi connectivity index (χ0n) is 14.9. The molecule has 0 aliphatic rings. The van der Waals surface area contributed by atoms with Crippen molar-refractivity contribution in [2.24, 2.45) is 0 Å². The molecule has 9 heteroatoms. The Morgan fingerprint density at radius 3 is 1.89 bits per heavy atom. The maximum atomic E-state index is 13.2. The third-order valence-corrected chi connectivity index (χ3v) is 4.74. The van der Waals surface area contributed by atoms with Crippen molar-refractivity contribution in [1.29, 1.82) is 0 Å². The Balaban J connectivity index is 1.97. The second kappa shape index (κ2) is 10.4. The van der Waals surface area contributed by atoms with Gasteiger partial charge >= 0.3 is 5.97 Å². The lowest BCUT2D eigenvalue weighted by Gasteiger charge is -2.17. The molecular weight excluding hydrogens is 390 g/mol. The molecule has 0 aliphatic heterocycles. The smallest absolute Gasteiger partial charge is 0.316 e. The lowest BCUT2D eigenvalue weighted by Crippen LogP contribution is -2.42. The zero-order chi connectivity index (χ0) is 20.5. The minimum Gasteiger partial charge on any atom is -0.455 e. The lowest BCUT2D eigenvalue weighted by atomic mass is 10.0. The molecule has 0 radical (unpaired) electrons. The molecule has 0 heterocycles. The van der Waals surface area contributed by atoms with E-state index in [9.17, 15) is 23.2 Å². The highest BCUT2D eigenvalue weighted by atomic mass is 32.2. The molecule has 2 rings (SSSR count). The first-order chi connectivity index (χ1) is 13.3. The minimum atomic E-state index is -0.679. The van der Waals surface area contributed by atoms with Gasteiger partial charge < -0.3 is 4.74 Å². The van der Waals surface area contributed by atoms with Crippen LogP contribution in [0.2, 0.25) is 0 Å². The Morgan fingerprint density at radius 1 is 0.929 bits per heavy atom. The van der Waals surface area contributed by atoms with Gasteiger partial charge in [-0.2, -0.15) is 0 Å². The number of amides is 2. The zero-order valence-corrected chi connectivity index (χ0v) is 15.7. The number of carbonyl (C=O) groups is 3. The summed E-state index contributed by atoms with van der Waals surface area (Å²) < 4.78 is 31.3. The molecule has 28 heavy (non-hydrogen) atoms. The molecule has 2 N–H and O–H groups in total. The summed E-state index contributed by atoms with van der Waals surface area (Å²) in [5, 5.41) is -0.359. The maximum Gasteiger partial charge on any atom is 0.316 e. The first-order valence-corrected chi connectivity index (χ1v) is 9.23. The number of halogens is 2. The lowest BCUT2D eigenvalue weighted by molar-refractivity contribution is -0.146. The summed E-state index contributed by atoms with van der Waals surface area (Å²) in [6.45, 7) is 0.672. The number of benzene rings is 2. The number of hydrogen-bond donors (Lipinski definition) is 2. The second-order valence-corrected chi connectivity index (χ2v) is 6.78. The van der Waals surface area contributed by atoms with Crippen LogP contribution in [0, 0.1) is 11.6 Å². The van der Waals surface area contributed by atoms with Gasteiger partial charge in [-0.3, -0.25) is 25.2 Å².